The first-order valence-electron chi connectivity index (χ1n) is 10.6. The fraction of sp³-hybridized carbons (Fsp3) is 0.500. The van der Waals surface area contributed by atoms with Gasteiger partial charge >= 0.3 is 0 Å². The molecule has 2 aliphatic heterocycles. The van der Waals surface area contributed by atoms with Crippen molar-refractivity contribution >= 4 is 34.7 Å². The molecule has 0 fully saturated rings. The molecule has 154 valence electrons. The highest BCUT2D eigenvalue weighted by Crippen LogP contribution is 2.17. The summed E-state index contributed by atoms with van der Waals surface area (Å²) in [6, 6.07) is 4.92. The zero-order valence-electron chi connectivity index (χ0n) is 18.2. The second-order valence-electron chi connectivity index (χ2n) is 8.90. The summed E-state index contributed by atoms with van der Waals surface area (Å²) in [6.07, 6.45) is 4.04. The van der Waals surface area contributed by atoms with Crippen LogP contribution in [0.2, 0.25) is 0 Å². The number of aliphatic imine (C=N–C) groups is 2. The van der Waals surface area contributed by atoms with Crippen LogP contribution >= 0.6 is 0 Å². The Morgan fingerprint density at radius 3 is 1.59 bits per heavy atom. The lowest BCUT2D eigenvalue weighted by Gasteiger charge is -2.06. The van der Waals surface area contributed by atoms with E-state index in [1.165, 1.54) is 11.1 Å². The van der Waals surface area contributed by atoms with Crippen LogP contribution in [0.15, 0.2) is 22.1 Å². The van der Waals surface area contributed by atoms with E-state index < -0.39 is 0 Å². The zero-order chi connectivity index (χ0) is 20.7. The molecule has 5 heteroatoms. The molecule has 0 aliphatic carbocycles. The van der Waals surface area contributed by atoms with Crippen molar-refractivity contribution in [2.75, 3.05) is 13.2 Å². The molecule has 2 unspecified atom stereocenters. The van der Waals surface area contributed by atoms with Crippen LogP contribution in [-0.2, 0) is 9.47 Å². The first-order chi connectivity index (χ1) is 13.8. The normalized spacial score (nSPS) is 23.2. The monoisotopic (exact) mass is 393 g/mol. The summed E-state index contributed by atoms with van der Waals surface area (Å²) in [4.78, 5) is 13.0. The van der Waals surface area contributed by atoms with Gasteiger partial charge in [0, 0.05) is 22.9 Å². The number of H-pyrrole nitrogens is 1. The number of ether oxygens (including phenoxy) is 2. The first kappa shape index (κ1) is 19.7. The van der Waals surface area contributed by atoms with Gasteiger partial charge in [-0.2, -0.15) is 0 Å². The van der Waals surface area contributed by atoms with Crippen molar-refractivity contribution in [1.82, 2.24) is 4.98 Å². The van der Waals surface area contributed by atoms with Gasteiger partial charge in [-0.05, 0) is 48.9 Å². The third-order valence-electron chi connectivity index (χ3n) is 5.95. The van der Waals surface area contributed by atoms with Gasteiger partial charge in [-0.3, -0.25) is 0 Å². The van der Waals surface area contributed by atoms with E-state index >= 15 is 0 Å². The molecule has 0 saturated heterocycles. The Morgan fingerprint density at radius 2 is 1.24 bits per heavy atom. The van der Waals surface area contributed by atoms with Gasteiger partial charge in [-0.25, -0.2) is 9.98 Å². The van der Waals surface area contributed by atoms with Crippen molar-refractivity contribution < 1.29 is 9.47 Å². The molecule has 2 atom stereocenters. The largest absolute Gasteiger partial charge is 0.476 e. The summed E-state index contributed by atoms with van der Waals surface area (Å²) < 4.78 is 11.7. The lowest BCUT2D eigenvalue weighted by Crippen LogP contribution is -2.14. The molecule has 0 saturated carbocycles. The highest BCUT2D eigenvalue weighted by molar-refractivity contribution is 6.09. The van der Waals surface area contributed by atoms with E-state index in [-0.39, 0.29) is 12.1 Å². The number of nitrogens with one attached hydrogen (secondary N) is 1. The maximum absolute atomic E-state index is 5.83. The standard InChI is InChI=1S/C24H31N3O2/c1-13(2)21-11-28-23(26-21)9-19-17-7-15(5)16(6)8-18(17)20(25-19)10-24-27-22(12-29-24)14(3)4/h7-10,13-14,21-22,25H,11-12H2,1-6H3. The third kappa shape index (κ3) is 3.96. The topological polar surface area (TPSA) is 59.0 Å². The Morgan fingerprint density at radius 1 is 0.828 bits per heavy atom. The Kier molecular flexibility index (Phi) is 5.24. The zero-order valence-corrected chi connectivity index (χ0v) is 18.2. The van der Waals surface area contributed by atoms with Gasteiger partial charge in [-0.15, -0.1) is 0 Å². The van der Waals surface area contributed by atoms with Crippen LogP contribution in [0.1, 0.15) is 38.8 Å². The lowest BCUT2D eigenvalue weighted by molar-refractivity contribution is 0.294. The molecule has 2 aliphatic rings. The fourth-order valence-corrected chi connectivity index (χ4v) is 3.67. The molecule has 0 radical (unpaired) electrons. The van der Waals surface area contributed by atoms with Crippen molar-refractivity contribution in [2.24, 2.45) is 21.8 Å². The third-order valence-corrected chi connectivity index (χ3v) is 5.95. The van der Waals surface area contributed by atoms with Gasteiger partial charge in [0.05, 0.1) is 22.8 Å². The van der Waals surface area contributed by atoms with Crippen LogP contribution in [0.25, 0.3) is 22.9 Å². The number of hydrogen-bond acceptors (Lipinski definition) is 4. The number of aromatic nitrogens is 1. The van der Waals surface area contributed by atoms with E-state index in [4.69, 9.17) is 19.5 Å². The average molecular weight is 394 g/mol. The smallest absolute Gasteiger partial charge is 0.211 e. The number of hydrogen-bond donors (Lipinski definition) is 1. The highest BCUT2D eigenvalue weighted by atomic mass is 16.5. The van der Waals surface area contributed by atoms with Crippen LogP contribution in [-0.4, -0.2) is 42.1 Å². The van der Waals surface area contributed by atoms with Crippen molar-refractivity contribution in [1.29, 1.82) is 0 Å². The molecule has 5 nitrogen and oxygen atoms in total. The van der Waals surface area contributed by atoms with Gasteiger partial charge in [-0.1, -0.05) is 27.7 Å². The number of nitrogens with zero attached hydrogens (tertiary/aromatic N) is 2. The summed E-state index contributed by atoms with van der Waals surface area (Å²) in [5, 5.41) is 4.35. The quantitative estimate of drug-likeness (QED) is 0.867. The molecule has 1 aromatic heterocycles. The van der Waals surface area contributed by atoms with E-state index in [1.807, 2.05) is 12.2 Å². The Labute approximate surface area is 172 Å². The molecular weight excluding hydrogens is 362 g/mol. The van der Waals surface area contributed by atoms with Crippen LogP contribution in [0, 0.1) is 25.7 Å². The number of aryl methyl sites for hydroxylation is 2. The van der Waals surface area contributed by atoms with Gasteiger partial charge < -0.3 is 14.5 Å². The molecule has 0 spiro atoms. The molecule has 29 heavy (non-hydrogen) atoms. The van der Waals surface area contributed by atoms with Crippen LogP contribution in [0.4, 0.5) is 0 Å². The Balaban J connectivity index is 1.84. The van der Waals surface area contributed by atoms with Gasteiger partial charge in [0.1, 0.15) is 13.2 Å². The number of rotatable bonds is 4. The Bertz CT molecular complexity index is 1020. The molecule has 0 bridgehead atoms. The lowest BCUT2D eigenvalue weighted by atomic mass is 10.0. The summed E-state index contributed by atoms with van der Waals surface area (Å²) in [7, 11) is 0. The minimum absolute atomic E-state index is 0.228. The predicted molar refractivity (Wildman–Crippen MR) is 120 cm³/mol. The molecule has 0 amide bonds. The molecular formula is C24H31N3O2. The minimum Gasteiger partial charge on any atom is -0.476 e. The second kappa shape index (κ2) is 7.69. The molecule has 1 aromatic carbocycles. The maximum Gasteiger partial charge on any atom is 0.211 e. The van der Waals surface area contributed by atoms with Crippen molar-refractivity contribution in [3.63, 3.8) is 0 Å². The molecule has 2 aromatic rings. The van der Waals surface area contributed by atoms with Gasteiger partial charge in [0.15, 0.2) is 0 Å². The van der Waals surface area contributed by atoms with E-state index in [1.54, 1.807) is 0 Å². The number of aromatic amines is 1. The maximum atomic E-state index is 5.83. The van der Waals surface area contributed by atoms with Crippen molar-refractivity contribution in [3.8, 4) is 0 Å². The minimum atomic E-state index is 0.228. The van der Waals surface area contributed by atoms with Crippen molar-refractivity contribution in [3.05, 3.63) is 34.0 Å². The Hall–Kier alpha value is -2.56. The predicted octanol–water partition coefficient (Wildman–Crippen LogP) is 3.25. The summed E-state index contributed by atoms with van der Waals surface area (Å²) in [5.41, 5.74) is 2.53. The van der Waals surface area contributed by atoms with Crippen molar-refractivity contribution in [2.45, 2.75) is 53.6 Å². The van der Waals surface area contributed by atoms with E-state index in [0.29, 0.717) is 36.8 Å². The van der Waals surface area contributed by atoms with Crippen LogP contribution < -0.4 is 10.7 Å². The van der Waals surface area contributed by atoms with E-state index in [0.717, 1.165) is 21.5 Å². The first-order valence-corrected chi connectivity index (χ1v) is 10.6. The highest BCUT2D eigenvalue weighted by Gasteiger charge is 2.22. The fourth-order valence-electron chi connectivity index (χ4n) is 3.67. The number of benzene rings is 1. The second-order valence-corrected chi connectivity index (χ2v) is 8.90. The van der Waals surface area contributed by atoms with Gasteiger partial charge in [0.2, 0.25) is 11.8 Å². The average Bonchev–Trinajstić information content (AvgIpc) is 3.37. The molecule has 4 rings (SSSR count). The summed E-state index contributed by atoms with van der Waals surface area (Å²) >= 11 is 0. The summed E-state index contributed by atoms with van der Waals surface area (Å²) in [6.45, 7) is 14.3. The number of fused-ring (bicyclic) bond motifs is 1. The molecule has 3 heterocycles. The SMILES string of the molecule is Cc1cc2c(=CC3=NC(C(C)C)CO3)[nH]c(=CC3=NC(C(C)C)CO3)c2cc1C. The van der Waals surface area contributed by atoms with Crippen LogP contribution in [0.5, 0.6) is 0 Å². The molecule has 1 N–H and O–H groups in total. The summed E-state index contributed by atoms with van der Waals surface area (Å²) in [5.74, 6) is 2.35. The van der Waals surface area contributed by atoms with E-state index in [9.17, 15) is 0 Å². The van der Waals surface area contributed by atoms with E-state index in [2.05, 4.69) is 58.7 Å². The van der Waals surface area contributed by atoms with Crippen LogP contribution in [0.3, 0.4) is 0 Å². The van der Waals surface area contributed by atoms with Gasteiger partial charge in [0.25, 0.3) is 0 Å².